The number of thiazole rings is 1. The Morgan fingerprint density at radius 2 is 2.36 bits per heavy atom. The van der Waals surface area contributed by atoms with Crippen molar-refractivity contribution in [3.63, 3.8) is 0 Å². The molecule has 132 valence electrons. The molecule has 0 saturated carbocycles. The lowest BCUT2D eigenvalue weighted by molar-refractivity contribution is -0.131. The smallest absolute Gasteiger partial charge is 0.273 e. The monoisotopic (exact) mass is 377 g/mol. The van der Waals surface area contributed by atoms with Crippen LogP contribution in [0.4, 0.5) is 0 Å². The van der Waals surface area contributed by atoms with Crippen molar-refractivity contribution in [1.82, 2.24) is 15.2 Å². The average Bonchev–Trinajstić information content (AvgIpc) is 3.35. The number of aromatic nitrogens is 1. The van der Waals surface area contributed by atoms with E-state index >= 15 is 0 Å². The average molecular weight is 377 g/mol. The molecule has 2 aromatic rings. The van der Waals surface area contributed by atoms with Gasteiger partial charge >= 0.3 is 0 Å². The number of ether oxygens (including phenoxy) is 1. The molecule has 4 rings (SSSR count). The van der Waals surface area contributed by atoms with Crippen LogP contribution >= 0.6 is 22.7 Å². The molecule has 0 unspecified atom stereocenters. The summed E-state index contributed by atoms with van der Waals surface area (Å²) in [6.45, 7) is 4.23. The maximum atomic E-state index is 12.9. The van der Waals surface area contributed by atoms with Crippen molar-refractivity contribution in [2.24, 2.45) is 11.3 Å². The van der Waals surface area contributed by atoms with Crippen LogP contribution < -0.4 is 5.32 Å². The zero-order chi connectivity index (χ0) is 17.4. The molecule has 0 aliphatic carbocycles. The molecule has 2 aromatic heterocycles. The number of fused-ring (bicyclic) bond motifs is 1. The largest absolute Gasteiger partial charge is 0.380 e. The van der Waals surface area contributed by atoms with Crippen molar-refractivity contribution in [1.29, 1.82) is 0 Å². The van der Waals surface area contributed by atoms with Gasteiger partial charge < -0.3 is 15.0 Å². The van der Waals surface area contributed by atoms with E-state index in [-0.39, 0.29) is 17.7 Å². The van der Waals surface area contributed by atoms with Crippen molar-refractivity contribution in [2.75, 3.05) is 26.3 Å². The van der Waals surface area contributed by atoms with Gasteiger partial charge in [-0.3, -0.25) is 9.59 Å². The summed E-state index contributed by atoms with van der Waals surface area (Å²) in [5.41, 5.74) is -0.171. The Balaban J connectivity index is 1.48. The zero-order valence-electron chi connectivity index (χ0n) is 13.9. The third-order valence-corrected chi connectivity index (χ3v) is 6.60. The predicted molar refractivity (Wildman–Crippen MR) is 95.7 cm³/mol. The number of hydrogen-bond donors (Lipinski definition) is 1. The highest BCUT2D eigenvalue weighted by atomic mass is 32.1. The number of thiophene rings is 1. The number of hydrogen-bond acceptors (Lipinski definition) is 6. The molecule has 2 atom stereocenters. The van der Waals surface area contributed by atoms with Gasteiger partial charge in [0.1, 0.15) is 5.69 Å². The number of amides is 2. The highest BCUT2D eigenvalue weighted by Crippen LogP contribution is 2.42. The van der Waals surface area contributed by atoms with E-state index in [0.29, 0.717) is 38.5 Å². The summed E-state index contributed by atoms with van der Waals surface area (Å²) in [6.07, 6.45) is 0. The van der Waals surface area contributed by atoms with Gasteiger partial charge in [0.25, 0.3) is 5.91 Å². The molecular formula is C17H19N3O3S2. The van der Waals surface area contributed by atoms with Crippen LogP contribution in [0.2, 0.25) is 0 Å². The summed E-state index contributed by atoms with van der Waals surface area (Å²) >= 11 is 3.08. The van der Waals surface area contributed by atoms with E-state index < -0.39 is 5.41 Å². The number of carbonyl (C=O) groups excluding carboxylic acids is 2. The van der Waals surface area contributed by atoms with E-state index in [1.807, 2.05) is 24.4 Å². The fourth-order valence-corrected chi connectivity index (χ4v) is 4.82. The van der Waals surface area contributed by atoms with Gasteiger partial charge in [-0.1, -0.05) is 6.07 Å². The van der Waals surface area contributed by atoms with Gasteiger partial charge in [0, 0.05) is 29.3 Å². The third kappa shape index (κ3) is 2.98. The summed E-state index contributed by atoms with van der Waals surface area (Å²) in [4.78, 5) is 32.8. The maximum Gasteiger partial charge on any atom is 0.273 e. The van der Waals surface area contributed by atoms with Gasteiger partial charge in [0.05, 0.1) is 30.2 Å². The second kappa shape index (κ2) is 6.51. The predicted octanol–water partition coefficient (Wildman–Crippen LogP) is 1.92. The van der Waals surface area contributed by atoms with Crippen LogP contribution in [0.1, 0.15) is 20.4 Å². The molecule has 2 amide bonds. The molecule has 4 heterocycles. The number of aryl methyl sites for hydroxylation is 1. The Labute approximate surface area is 153 Å². The van der Waals surface area contributed by atoms with E-state index in [1.165, 1.54) is 11.3 Å². The van der Waals surface area contributed by atoms with Gasteiger partial charge in [0.2, 0.25) is 5.91 Å². The van der Waals surface area contributed by atoms with Crippen molar-refractivity contribution in [2.45, 2.75) is 13.5 Å². The van der Waals surface area contributed by atoms with Crippen LogP contribution in [0.15, 0.2) is 22.9 Å². The molecule has 8 heteroatoms. The first kappa shape index (κ1) is 16.7. The van der Waals surface area contributed by atoms with Crippen molar-refractivity contribution >= 4 is 34.5 Å². The van der Waals surface area contributed by atoms with Crippen molar-refractivity contribution in [3.05, 3.63) is 38.5 Å². The Hall–Kier alpha value is -1.77. The number of rotatable bonds is 4. The highest BCUT2D eigenvalue weighted by Gasteiger charge is 2.56. The first-order valence-corrected chi connectivity index (χ1v) is 9.94. The minimum absolute atomic E-state index is 0.0202. The molecule has 25 heavy (non-hydrogen) atoms. The van der Waals surface area contributed by atoms with E-state index in [2.05, 4.69) is 10.3 Å². The lowest BCUT2D eigenvalue weighted by Crippen LogP contribution is -2.46. The van der Waals surface area contributed by atoms with Crippen molar-refractivity contribution in [3.8, 4) is 0 Å². The zero-order valence-corrected chi connectivity index (χ0v) is 15.5. The first-order valence-electron chi connectivity index (χ1n) is 8.18. The number of nitrogens with one attached hydrogen (secondary N) is 1. The number of likely N-dealkylation sites (tertiary alicyclic amines) is 1. The normalized spacial score (nSPS) is 25.2. The molecule has 2 saturated heterocycles. The summed E-state index contributed by atoms with van der Waals surface area (Å²) in [7, 11) is 0. The van der Waals surface area contributed by atoms with Crippen molar-refractivity contribution < 1.29 is 14.3 Å². The van der Waals surface area contributed by atoms with Crippen LogP contribution in [0.25, 0.3) is 0 Å². The molecule has 0 radical (unpaired) electrons. The molecule has 2 aliphatic heterocycles. The molecule has 2 aliphatic rings. The lowest BCUT2D eigenvalue weighted by Gasteiger charge is -2.25. The van der Waals surface area contributed by atoms with Gasteiger partial charge in [-0.15, -0.1) is 22.7 Å². The SMILES string of the molecule is Cc1nc(C(=O)N2C[C@@H]3COC[C@]3(C(=O)NCc3cccs3)C2)cs1. The Morgan fingerprint density at radius 1 is 1.48 bits per heavy atom. The Morgan fingerprint density at radius 3 is 3.08 bits per heavy atom. The fraction of sp³-hybridized carbons (Fsp3) is 0.471. The van der Waals surface area contributed by atoms with Gasteiger partial charge in [-0.25, -0.2) is 4.98 Å². The molecule has 0 spiro atoms. The molecule has 6 nitrogen and oxygen atoms in total. The van der Waals surface area contributed by atoms with E-state index in [4.69, 9.17) is 4.74 Å². The topological polar surface area (TPSA) is 71.5 Å². The minimum atomic E-state index is -0.641. The van der Waals surface area contributed by atoms with E-state index in [0.717, 1.165) is 9.88 Å². The molecule has 2 fully saturated rings. The standard InChI is InChI=1S/C17H19N3O3S2/c1-11-19-14(8-25-11)15(21)20-6-12-7-23-10-17(12,9-20)16(22)18-5-13-3-2-4-24-13/h2-4,8,12H,5-7,9-10H2,1H3,(H,18,22)/t12-,17-/m1/s1. The molecule has 0 aromatic carbocycles. The van der Waals surface area contributed by atoms with Crippen LogP contribution in [0.3, 0.4) is 0 Å². The quantitative estimate of drug-likeness (QED) is 0.884. The van der Waals surface area contributed by atoms with Gasteiger partial charge in [-0.05, 0) is 18.4 Å². The van der Waals surface area contributed by atoms with E-state index in [1.54, 1.807) is 21.6 Å². The summed E-state index contributed by atoms with van der Waals surface area (Å²) in [5, 5.41) is 7.68. The Kier molecular flexibility index (Phi) is 4.35. The summed E-state index contributed by atoms with van der Waals surface area (Å²) in [5.74, 6) is -0.0724. The van der Waals surface area contributed by atoms with Crippen LogP contribution in [0, 0.1) is 18.3 Å². The van der Waals surface area contributed by atoms with Gasteiger partial charge in [0.15, 0.2) is 0 Å². The van der Waals surface area contributed by atoms with Crippen LogP contribution in [0.5, 0.6) is 0 Å². The summed E-state index contributed by atoms with van der Waals surface area (Å²) < 4.78 is 5.60. The first-order chi connectivity index (χ1) is 12.1. The second-order valence-corrected chi connectivity index (χ2v) is 8.66. The molecule has 0 bridgehead atoms. The van der Waals surface area contributed by atoms with Gasteiger partial charge in [-0.2, -0.15) is 0 Å². The second-order valence-electron chi connectivity index (χ2n) is 6.57. The van der Waals surface area contributed by atoms with E-state index in [9.17, 15) is 9.59 Å². The molecular weight excluding hydrogens is 358 g/mol. The highest BCUT2D eigenvalue weighted by molar-refractivity contribution is 7.10. The molecule has 1 N–H and O–H groups in total. The fourth-order valence-electron chi connectivity index (χ4n) is 3.59. The van der Waals surface area contributed by atoms with Crippen LogP contribution in [-0.2, 0) is 16.1 Å². The Bertz CT molecular complexity index is 789. The number of carbonyl (C=O) groups is 2. The number of nitrogens with zero attached hydrogens (tertiary/aromatic N) is 2. The summed E-state index contributed by atoms with van der Waals surface area (Å²) in [6, 6.07) is 3.97. The third-order valence-electron chi connectivity index (χ3n) is 4.95. The maximum absolute atomic E-state index is 12.9. The van der Waals surface area contributed by atoms with Crippen LogP contribution in [-0.4, -0.2) is 48.0 Å². The minimum Gasteiger partial charge on any atom is -0.380 e. The lowest BCUT2D eigenvalue weighted by atomic mass is 9.80.